The number of halogens is 1. The average Bonchev–Trinajstić information content (AvgIpc) is 2.65. The summed E-state index contributed by atoms with van der Waals surface area (Å²) in [6.07, 6.45) is 0. The second-order valence-corrected chi connectivity index (χ2v) is 6.79. The minimum absolute atomic E-state index is 0. The van der Waals surface area contributed by atoms with Crippen LogP contribution in [0, 0.1) is 13.8 Å². The first-order chi connectivity index (χ1) is 12.6. The Balaban J connectivity index is 0.00000261. The Bertz CT molecular complexity index is 786. The molecule has 0 aliphatic carbocycles. The quantitative estimate of drug-likeness (QED) is 0.401. The van der Waals surface area contributed by atoms with Gasteiger partial charge in [-0.05, 0) is 37.1 Å². The van der Waals surface area contributed by atoms with Gasteiger partial charge in [-0.3, -0.25) is 4.99 Å². The maximum Gasteiger partial charge on any atom is 0.194 e. The number of rotatable bonds is 3. The summed E-state index contributed by atoms with van der Waals surface area (Å²) in [5.41, 5.74) is 4.79. The molecule has 3 rings (SSSR count). The first-order valence-corrected chi connectivity index (χ1v) is 9.13. The number of hydrogen-bond acceptors (Lipinski definition) is 3. The van der Waals surface area contributed by atoms with Crippen LogP contribution >= 0.6 is 24.0 Å². The Hall–Kier alpha value is -1.96. The molecule has 0 saturated carbocycles. The Morgan fingerprint density at radius 2 is 1.78 bits per heavy atom. The molecule has 146 valence electrons. The zero-order chi connectivity index (χ0) is 18.5. The van der Waals surface area contributed by atoms with Crippen LogP contribution < -0.4 is 10.2 Å². The normalized spacial score (nSPS) is 14.7. The molecule has 6 heteroatoms. The van der Waals surface area contributed by atoms with Crippen LogP contribution in [0.15, 0.2) is 47.5 Å². The van der Waals surface area contributed by atoms with E-state index in [-0.39, 0.29) is 24.0 Å². The molecule has 0 radical (unpaired) electrons. The highest BCUT2D eigenvalue weighted by molar-refractivity contribution is 14.0. The van der Waals surface area contributed by atoms with Gasteiger partial charge in [0.1, 0.15) is 5.75 Å². The van der Waals surface area contributed by atoms with Crippen molar-refractivity contribution in [3.63, 3.8) is 0 Å². The minimum Gasteiger partial charge on any atom is -0.506 e. The van der Waals surface area contributed by atoms with E-state index in [2.05, 4.69) is 52.2 Å². The third kappa shape index (κ3) is 5.28. The van der Waals surface area contributed by atoms with Gasteiger partial charge >= 0.3 is 0 Å². The molecule has 1 aliphatic heterocycles. The van der Waals surface area contributed by atoms with Gasteiger partial charge in [0.2, 0.25) is 0 Å². The van der Waals surface area contributed by atoms with Crippen molar-refractivity contribution in [2.75, 3.05) is 38.1 Å². The molecule has 1 saturated heterocycles. The molecular weight excluding hydrogens is 451 g/mol. The molecule has 1 fully saturated rings. The Morgan fingerprint density at radius 3 is 2.41 bits per heavy atom. The average molecular weight is 480 g/mol. The molecule has 2 aromatic rings. The molecule has 0 unspecified atom stereocenters. The van der Waals surface area contributed by atoms with Gasteiger partial charge in [0.05, 0.1) is 5.69 Å². The molecule has 0 atom stereocenters. The molecule has 2 N–H and O–H groups in total. The lowest BCUT2D eigenvalue weighted by atomic mass is 10.1. The second kappa shape index (κ2) is 9.82. The van der Waals surface area contributed by atoms with Crippen molar-refractivity contribution in [2.45, 2.75) is 20.4 Å². The predicted octanol–water partition coefficient (Wildman–Crippen LogP) is 3.52. The number of aromatic hydroxyl groups is 1. The maximum absolute atomic E-state index is 10.0. The number of benzene rings is 2. The van der Waals surface area contributed by atoms with Crippen LogP contribution in [0.1, 0.15) is 16.7 Å². The zero-order valence-electron chi connectivity index (χ0n) is 16.3. The Morgan fingerprint density at radius 1 is 1.07 bits per heavy atom. The van der Waals surface area contributed by atoms with Gasteiger partial charge in [-0.25, -0.2) is 0 Å². The zero-order valence-corrected chi connectivity index (χ0v) is 18.6. The van der Waals surface area contributed by atoms with Gasteiger partial charge in [0.15, 0.2) is 5.96 Å². The van der Waals surface area contributed by atoms with Gasteiger partial charge < -0.3 is 20.2 Å². The van der Waals surface area contributed by atoms with E-state index >= 15 is 0 Å². The van der Waals surface area contributed by atoms with Crippen LogP contribution in [0.25, 0.3) is 0 Å². The van der Waals surface area contributed by atoms with Crippen molar-refractivity contribution in [3.8, 4) is 5.75 Å². The van der Waals surface area contributed by atoms with E-state index < -0.39 is 0 Å². The van der Waals surface area contributed by atoms with Crippen molar-refractivity contribution in [1.29, 1.82) is 0 Å². The van der Waals surface area contributed by atoms with Crippen molar-refractivity contribution in [3.05, 3.63) is 59.2 Å². The SMILES string of the molecule is CN=C(NCc1ccc(C)cc1C)N1CCN(c2ccccc2O)CC1.I. The topological polar surface area (TPSA) is 51.1 Å². The number of phenols is 1. The third-order valence-corrected chi connectivity index (χ3v) is 4.95. The summed E-state index contributed by atoms with van der Waals surface area (Å²) in [5.74, 6) is 1.28. The predicted molar refractivity (Wildman–Crippen MR) is 123 cm³/mol. The molecular formula is C21H29IN4O. The fraction of sp³-hybridized carbons (Fsp3) is 0.381. The highest BCUT2D eigenvalue weighted by Gasteiger charge is 2.21. The largest absolute Gasteiger partial charge is 0.506 e. The van der Waals surface area contributed by atoms with E-state index in [4.69, 9.17) is 0 Å². The number of piperazine rings is 1. The summed E-state index contributed by atoms with van der Waals surface area (Å²) in [6.45, 7) is 8.52. The van der Waals surface area contributed by atoms with E-state index in [0.717, 1.165) is 44.4 Å². The number of para-hydroxylation sites is 2. The van der Waals surface area contributed by atoms with Gasteiger partial charge in [-0.15, -0.1) is 24.0 Å². The number of guanidine groups is 1. The van der Waals surface area contributed by atoms with E-state index in [9.17, 15) is 5.11 Å². The van der Waals surface area contributed by atoms with Gasteiger partial charge in [0.25, 0.3) is 0 Å². The molecule has 0 spiro atoms. The number of phenolic OH excluding ortho intramolecular Hbond substituents is 1. The summed E-state index contributed by atoms with van der Waals surface area (Å²) in [7, 11) is 1.83. The number of nitrogens with zero attached hydrogens (tertiary/aromatic N) is 3. The summed E-state index contributed by atoms with van der Waals surface area (Å²) in [4.78, 5) is 8.96. The summed E-state index contributed by atoms with van der Waals surface area (Å²) in [5, 5.41) is 13.5. The smallest absolute Gasteiger partial charge is 0.194 e. The maximum atomic E-state index is 10.0. The van der Waals surface area contributed by atoms with Crippen LogP contribution in [0.3, 0.4) is 0 Å². The van der Waals surface area contributed by atoms with Crippen molar-refractivity contribution >= 4 is 35.6 Å². The van der Waals surface area contributed by atoms with Gasteiger partial charge in [-0.2, -0.15) is 0 Å². The van der Waals surface area contributed by atoms with Crippen LogP contribution in [0.4, 0.5) is 5.69 Å². The highest BCUT2D eigenvalue weighted by Crippen LogP contribution is 2.27. The molecule has 0 aromatic heterocycles. The lowest BCUT2D eigenvalue weighted by molar-refractivity contribution is 0.369. The molecule has 1 heterocycles. The molecule has 0 bridgehead atoms. The monoisotopic (exact) mass is 480 g/mol. The van der Waals surface area contributed by atoms with Crippen LogP contribution in [0.2, 0.25) is 0 Å². The standard InChI is InChI=1S/C21H28N4O.HI/c1-16-8-9-18(17(2)14-16)15-23-21(22-3)25-12-10-24(11-13-25)19-6-4-5-7-20(19)26;/h4-9,14,26H,10-13,15H2,1-3H3,(H,22,23);1H. The number of nitrogens with one attached hydrogen (secondary N) is 1. The lowest BCUT2D eigenvalue weighted by Gasteiger charge is -2.37. The van der Waals surface area contributed by atoms with Crippen LogP contribution in [0.5, 0.6) is 5.75 Å². The fourth-order valence-electron chi connectivity index (χ4n) is 3.44. The van der Waals surface area contributed by atoms with Gasteiger partial charge in [0, 0.05) is 39.8 Å². The van der Waals surface area contributed by atoms with E-state index in [1.54, 1.807) is 6.07 Å². The molecule has 27 heavy (non-hydrogen) atoms. The highest BCUT2D eigenvalue weighted by atomic mass is 127. The first kappa shape index (κ1) is 21.3. The molecule has 5 nitrogen and oxygen atoms in total. The van der Waals surface area contributed by atoms with Crippen LogP contribution in [-0.4, -0.2) is 49.2 Å². The van der Waals surface area contributed by atoms with E-state index in [1.165, 1.54) is 16.7 Å². The summed E-state index contributed by atoms with van der Waals surface area (Å²) < 4.78 is 0. The summed E-state index contributed by atoms with van der Waals surface area (Å²) >= 11 is 0. The third-order valence-electron chi connectivity index (χ3n) is 4.95. The molecule has 0 amide bonds. The van der Waals surface area contributed by atoms with Crippen molar-refractivity contribution < 1.29 is 5.11 Å². The lowest BCUT2D eigenvalue weighted by Crippen LogP contribution is -2.52. The number of aliphatic imine (C=N–C) groups is 1. The Kier molecular flexibility index (Phi) is 7.77. The minimum atomic E-state index is 0. The van der Waals surface area contributed by atoms with Crippen LogP contribution in [-0.2, 0) is 6.54 Å². The Labute approximate surface area is 179 Å². The number of anilines is 1. The molecule has 2 aromatic carbocycles. The second-order valence-electron chi connectivity index (χ2n) is 6.79. The number of aryl methyl sites for hydroxylation is 2. The van der Waals surface area contributed by atoms with E-state index in [0.29, 0.717) is 5.75 Å². The fourth-order valence-corrected chi connectivity index (χ4v) is 3.44. The van der Waals surface area contributed by atoms with Crippen molar-refractivity contribution in [2.24, 2.45) is 4.99 Å². The molecule has 1 aliphatic rings. The van der Waals surface area contributed by atoms with E-state index in [1.807, 2.05) is 25.2 Å². The number of hydrogen-bond donors (Lipinski definition) is 2. The summed E-state index contributed by atoms with van der Waals surface area (Å²) in [6, 6.07) is 14.1. The van der Waals surface area contributed by atoms with Gasteiger partial charge in [-0.1, -0.05) is 35.9 Å². The van der Waals surface area contributed by atoms with Crippen molar-refractivity contribution in [1.82, 2.24) is 10.2 Å². The first-order valence-electron chi connectivity index (χ1n) is 9.13.